The molecule has 0 unspecified atom stereocenters. The van der Waals surface area contributed by atoms with E-state index >= 15 is 0 Å². The molecule has 2 N–H and O–H groups in total. The van der Waals surface area contributed by atoms with Gasteiger partial charge in [-0.1, -0.05) is 31.4 Å². The van der Waals surface area contributed by atoms with Crippen molar-refractivity contribution >= 4 is 5.82 Å². The van der Waals surface area contributed by atoms with Crippen LogP contribution in [0.4, 0.5) is 5.82 Å². The molecule has 0 bridgehead atoms. The molecule has 0 saturated heterocycles. The van der Waals surface area contributed by atoms with E-state index in [4.69, 9.17) is 10.5 Å². The van der Waals surface area contributed by atoms with E-state index in [9.17, 15) is 0 Å². The average molecular weight is 285 g/mol. The lowest BCUT2D eigenvalue weighted by atomic mass is 9.81. The van der Waals surface area contributed by atoms with Crippen LogP contribution in [0.25, 0.3) is 11.1 Å². The van der Waals surface area contributed by atoms with Crippen molar-refractivity contribution < 1.29 is 4.74 Å². The highest BCUT2D eigenvalue weighted by atomic mass is 16.5. The van der Waals surface area contributed by atoms with Gasteiger partial charge in [-0.25, -0.2) is 0 Å². The second-order valence-electron chi connectivity index (χ2n) is 5.79. The molecule has 112 valence electrons. The van der Waals surface area contributed by atoms with Crippen molar-refractivity contribution in [3.63, 3.8) is 0 Å². The number of nitrogens with zero attached hydrogens (tertiary/aromatic N) is 2. The Morgan fingerprint density at radius 2 is 2.00 bits per heavy atom. The number of nitrogen functional groups attached to an aromatic ring is 1. The summed E-state index contributed by atoms with van der Waals surface area (Å²) in [5.41, 5.74) is 9.58. The lowest BCUT2D eigenvalue weighted by Crippen LogP contribution is -2.14. The van der Waals surface area contributed by atoms with Gasteiger partial charge in [-0.05, 0) is 37.0 Å². The zero-order valence-corrected chi connectivity index (χ0v) is 12.8. The van der Waals surface area contributed by atoms with Gasteiger partial charge in [0.1, 0.15) is 11.6 Å². The maximum atomic E-state index is 6.24. The molecule has 1 aromatic carbocycles. The number of benzene rings is 1. The number of hydrogen-bond acceptors (Lipinski definition) is 3. The van der Waals surface area contributed by atoms with Crippen LogP contribution in [0.1, 0.15) is 31.9 Å². The molecular formula is C17H23N3O. The first kappa shape index (κ1) is 14.0. The van der Waals surface area contributed by atoms with E-state index < -0.39 is 0 Å². The zero-order valence-electron chi connectivity index (χ0n) is 12.8. The number of aromatic nitrogens is 2. The molecule has 21 heavy (non-hydrogen) atoms. The summed E-state index contributed by atoms with van der Waals surface area (Å²) in [6.07, 6.45) is 5.03. The summed E-state index contributed by atoms with van der Waals surface area (Å²) in [6.45, 7) is 2.67. The topological polar surface area (TPSA) is 53.1 Å². The highest BCUT2D eigenvalue weighted by Gasteiger charge is 2.23. The minimum atomic E-state index is 0.682. The third-order valence-electron chi connectivity index (χ3n) is 4.32. The highest BCUT2D eigenvalue weighted by Crippen LogP contribution is 2.36. The van der Waals surface area contributed by atoms with Gasteiger partial charge in [0, 0.05) is 12.6 Å². The SMILES string of the molecule is CCOc1ccc(-c2c(CC3CCC3)nn(C)c2N)cc1. The molecule has 0 spiro atoms. The molecule has 1 fully saturated rings. The van der Waals surface area contributed by atoms with Crippen LogP contribution in [-0.4, -0.2) is 16.4 Å². The Kier molecular flexibility index (Phi) is 3.86. The number of aryl methyl sites for hydroxylation is 1. The quantitative estimate of drug-likeness (QED) is 0.916. The molecule has 0 aliphatic heterocycles. The monoisotopic (exact) mass is 285 g/mol. The van der Waals surface area contributed by atoms with Gasteiger partial charge in [0.15, 0.2) is 0 Å². The maximum Gasteiger partial charge on any atom is 0.129 e. The van der Waals surface area contributed by atoms with Crippen molar-refractivity contribution in [2.24, 2.45) is 13.0 Å². The second kappa shape index (κ2) is 5.80. The lowest BCUT2D eigenvalue weighted by molar-refractivity contribution is 0.311. The molecule has 1 aliphatic rings. The van der Waals surface area contributed by atoms with Crippen molar-refractivity contribution in [1.29, 1.82) is 0 Å². The number of rotatable bonds is 5. The average Bonchev–Trinajstić information content (AvgIpc) is 2.71. The molecule has 4 nitrogen and oxygen atoms in total. The first-order chi connectivity index (χ1) is 10.2. The fourth-order valence-corrected chi connectivity index (χ4v) is 2.91. The molecule has 0 amide bonds. The molecule has 1 saturated carbocycles. The maximum absolute atomic E-state index is 6.24. The number of anilines is 1. The summed E-state index contributed by atoms with van der Waals surface area (Å²) >= 11 is 0. The molecule has 2 aromatic rings. The summed E-state index contributed by atoms with van der Waals surface area (Å²) in [6, 6.07) is 8.14. The lowest BCUT2D eigenvalue weighted by Gasteiger charge is -2.24. The number of nitrogens with two attached hydrogens (primary N) is 1. The summed E-state index contributed by atoms with van der Waals surface area (Å²) < 4.78 is 7.29. The predicted molar refractivity (Wildman–Crippen MR) is 85.3 cm³/mol. The summed E-state index contributed by atoms with van der Waals surface area (Å²) in [7, 11) is 1.91. The van der Waals surface area contributed by atoms with Gasteiger partial charge in [-0.15, -0.1) is 0 Å². The molecule has 0 radical (unpaired) electrons. The fraction of sp³-hybridized carbons (Fsp3) is 0.471. The van der Waals surface area contributed by atoms with E-state index in [2.05, 4.69) is 17.2 Å². The summed E-state index contributed by atoms with van der Waals surface area (Å²) in [4.78, 5) is 0. The zero-order chi connectivity index (χ0) is 14.8. The van der Waals surface area contributed by atoms with E-state index in [0.29, 0.717) is 6.61 Å². The minimum Gasteiger partial charge on any atom is -0.494 e. The molecule has 1 heterocycles. The van der Waals surface area contributed by atoms with E-state index in [1.807, 2.05) is 26.1 Å². The van der Waals surface area contributed by atoms with E-state index in [-0.39, 0.29) is 0 Å². The largest absolute Gasteiger partial charge is 0.494 e. The normalized spacial score (nSPS) is 15.0. The van der Waals surface area contributed by atoms with Crippen molar-refractivity contribution in [2.75, 3.05) is 12.3 Å². The van der Waals surface area contributed by atoms with Gasteiger partial charge in [-0.2, -0.15) is 5.10 Å². The smallest absolute Gasteiger partial charge is 0.129 e. The molecule has 0 atom stereocenters. The molecule has 1 aromatic heterocycles. The van der Waals surface area contributed by atoms with Crippen LogP contribution in [0.3, 0.4) is 0 Å². The molecule has 3 rings (SSSR count). The molecule has 4 heteroatoms. The Bertz CT molecular complexity index is 612. The minimum absolute atomic E-state index is 0.682. The van der Waals surface area contributed by atoms with Gasteiger partial charge in [0.05, 0.1) is 12.3 Å². The van der Waals surface area contributed by atoms with Crippen molar-refractivity contribution in [1.82, 2.24) is 9.78 Å². The van der Waals surface area contributed by atoms with Gasteiger partial charge < -0.3 is 10.5 Å². The molecule has 1 aliphatic carbocycles. The predicted octanol–water partition coefficient (Wildman–Crippen LogP) is 3.41. The van der Waals surface area contributed by atoms with Crippen molar-refractivity contribution in [2.45, 2.75) is 32.6 Å². The van der Waals surface area contributed by atoms with Gasteiger partial charge >= 0.3 is 0 Å². The van der Waals surface area contributed by atoms with Crippen LogP contribution in [0.2, 0.25) is 0 Å². The Morgan fingerprint density at radius 3 is 2.57 bits per heavy atom. The first-order valence-electron chi connectivity index (χ1n) is 7.73. The van der Waals surface area contributed by atoms with Crippen LogP contribution in [0.15, 0.2) is 24.3 Å². The van der Waals surface area contributed by atoms with Crippen LogP contribution in [-0.2, 0) is 13.5 Å². The Morgan fingerprint density at radius 1 is 1.29 bits per heavy atom. The Balaban J connectivity index is 1.91. The Hall–Kier alpha value is -1.97. The fourth-order valence-electron chi connectivity index (χ4n) is 2.91. The number of hydrogen-bond donors (Lipinski definition) is 1. The van der Waals surface area contributed by atoms with Gasteiger partial charge in [0.25, 0.3) is 0 Å². The highest BCUT2D eigenvalue weighted by molar-refractivity contribution is 5.77. The second-order valence-corrected chi connectivity index (χ2v) is 5.79. The van der Waals surface area contributed by atoms with Crippen molar-refractivity contribution in [3.8, 4) is 16.9 Å². The van der Waals surface area contributed by atoms with Crippen LogP contribution in [0.5, 0.6) is 5.75 Å². The van der Waals surface area contributed by atoms with Crippen LogP contribution < -0.4 is 10.5 Å². The summed E-state index contributed by atoms with van der Waals surface area (Å²) in [5, 5.41) is 4.63. The molecular weight excluding hydrogens is 262 g/mol. The van der Waals surface area contributed by atoms with Crippen molar-refractivity contribution in [3.05, 3.63) is 30.0 Å². The van der Waals surface area contributed by atoms with E-state index in [1.54, 1.807) is 4.68 Å². The number of ether oxygens (including phenoxy) is 1. The van der Waals surface area contributed by atoms with Crippen LogP contribution >= 0.6 is 0 Å². The summed E-state index contributed by atoms with van der Waals surface area (Å²) in [5.74, 6) is 2.42. The third kappa shape index (κ3) is 2.75. The van der Waals surface area contributed by atoms with Crippen LogP contribution in [0, 0.1) is 5.92 Å². The van der Waals surface area contributed by atoms with Gasteiger partial charge in [0.2, 0.25) is 0 Å². The third-order valence-corrected chi connectivity index (χ3v) is 4.32. The Labute approximate surface area is 125 Å². The standard InChI is InChI=1S/C17H23N3O/c1-3-21-14-9-7-13(8-10-14)16-15(11-12-5-4-6-12)19-20(2)17(16)18/h7-10,12H,3-6,11,18H2,1-2H3. The van der Waals surface area contributed by atoms with E-state index in [1.165, 1.54) is 19.3 Å². The first-order valence-corrected chi connectivity index (χ1v) is 7.73. The van der Waals surface area contributed by atoms with E-state index in [0.717, 1.165) is 40.7 Å². The van der Waals surface area contributed by atoms with Gasteiger partial charge in [-0.3, -0.25) is 4.68 Å².